The fraction of sp³-hybridized carbons (Fsp3) is 0.0435. The van der Waals surface area contributed by atoms with Gasteiger partial charge in [-0.2, -0.15) is 0 Å². The van der Waals surface area contributed by atoms with Gasteiger partial charge in [0.2, 0.25) is 0 Å². The summed E-state index contributed by atoms with van der Waals surface area (Å²) >= 11 is 0. The molecule has 0 saturated heterocycles. The third-order valence-electron chi connectivity index (χ3n) is 4.33. The van der Waals surface area contributed by atoms with Crippen LogP contribution in [0, 0.1) is 29.3 Å². The molecule has 0 N–H and O–H groups in total. The Morgan fingerprint density at radius 2 is 1.45 bits per heavy atom. The summed E-state index contributed by atoms with van der Waals surface area (Å²) in [5.41, 5.74) is 2.14. The van der Waals surface area contributed by atoms with Crippen LogP contribution in [0.25, 0.3) is 22.2 Å². The molecule has 4 rings (SSSR count). The second kappa shape index (κ2) is 7.64. The molecule has 0 aliphatic heterocycles. The molecule has 0 radical (unpaired) electrons. The molecule has 6 heteroatoms. The van der Waals surface area contributed by atoms with E-state index in [1.54, 1.807) is 25.6 Å². The van der Waals surface area contributed by atoms with E-state index in [4.69, 9.17) is 4.74 Å². The van der Waals surface area contributed by atoms with E-state index in [2.05, 4.69) is 21.8 Å². The maximum Gasteiger partial charge on any atom is 0.195 e. The average Bonchev–Trinajstić information content (AvgIpc) is 2.76. The van der Waals surface area contributed by atoms with Crippen LogP contribution >= 0.6 is 0 Å². The molecule has 4 aromatic rings. The average molecular weight is 390 g/mol. The Hall–Kier alpha value is -3.85. The largest absolute Gasteiger partial charge is 0.494 e. The van der Waals surface area contributed by atoms with Crippen LogP contribution in [0.3, 0.4) is 0 Å². The maximum atomic E-state index is 13.8. The summed E-state index contributed by atoms with van der Waals surface area (Å²) in [5.74, 6) is 3.18. The molecule has 142 valence electrons. The Labute approximate surface area is 164 Å². The van der Waals surface area contributed by atoms with Gasteiger partial charge in [-0.3, -0.25) is 0 Å². The van der Waals surface area contributed by atoms with Crippen molar-refractivity contribution in [2.45, 2.75) is 0 Å². The minimum Gasteiger partial charge on any atom is -0.494 e. The van der Waals surface area contributed by atoms with Crippen molar-refractivity contribution >= 4 is 10.8 Å². The second-order valence-corrected chi connectivity index (χ2v) is 6.20. The normalized spacial score (nSPS) is 10.5. The van der Waals surface area contributed by atoms with Gasteiger partial charge in [0.05, 0.1) is 19.5 Å². The monoisotopic (exact) mass is 390 g/mol. The Bertz CT molecular complexity index is 1260. The van der Waals surface area contributed by atoms with Crippen LogP contribution in [-0.2, 0) is 0 Å². The van der Waals surface area contributed by atoms with Crippen LogP contribution in [0.1, 0.15) is 11.1 Å². The molecule has 0 bridgehead atoms. The Kier molecular flexibility index (Phi) is 4.88. The summed E-state index contributed by atoms with van der Waals surface area (Å²) < 4.78 is 45.6. The SMILES string of the molecule is COc1cnc(-c2ccc(C#Cc3ccc4c(F)c(F)c(F)cc4c3)cc2)nc1. The third-order valence-corrected chi connectivity index (χ3v) is 4.33. The molecule has 0 aliphatic rings. The Morgan fingerprint density at radius 3 is 2.14 bits per heavy atom. The van der Waals surface area contributed by atoms with Crippen LogP contribution in [0.5, 0.6) is 5.75 Å². The van der Waals surface area contributed by atoms with Crippen molar-refractivity contribution in [2.75, 3.05) is 7.11 Å². The number of hydrogen-bond donors (Lipinski definition) is 0. The van der Waals surface area contributed by atoms with Gasteiger partial charge in [0.25, 0.3) is 0 Å². The molecular formula is C23H13F3N2O. The number of nitrogens with zero attached hydrogens (tertiary/aromatic N) is 2. The first-order valence-corrected chi connectivity index (χ1v) is 8.61. The van der Waals surface area contributed by atoms with Gasteiger partial charge in [-0.05, 0) is 47.9 Å². The fourth-order valence-corrected chi connectivity index (χ4v) is 2.80. The number of methoxy groups -OCH3 is 1. The van der Waals surface area contributed by atoms with E-state index in [9.17, 15) is 13.2 Å². The first kappa shape index (κ1) is 18.5. The smallest absolute Gasteiger partial charge is 0.195 e. The minimum absolute atomic E-state index is 0.0123. The molecule has 0 aliphatic carbocycles. The number of benzene rings is 3. The van der Waals surface area contributed by atoms with E-state index in [-0.39, 0.29) is 10.8 Å². The van der Waals surface area contributed by atoms with Gasteiger partial charge in [-0.25, -0.2) is 23.1 Å². The van der Waals surface area contributed by atoms with Crippen LogP contribution in [0.15, 0.2) is 60.9 Å². The molecule has 1 heterocycles. The van der Waals surface area contributed by atoms with Crippen molar-refractivity contribution in [1.29, 1.82) is 0 Å². The number of fused-ring (bicyclic) bond motifs is 1. The molecular weight excluding hydrogens is 377 g/mol. The number of hydrogen-bond acceptors (Lipinski definition) is 3. The summed E-state index contributed by atoms with van der Waals surface area (Å²) in [5, 5.41) is 0.262. The molecule has 0 atom stereocenters. The predicted molar refractivity (Wildman–Crippen MR) is 104 cm³/mol. The summed E-state index contributed by atoms with van der Waals surface area (Å²) in [6, 6.07) is 12.8. The number of rotatable bonds is 2. The van der Waals surface area contributed by atoms with Gasteiger partial charge < -0.3 is 4.74 Å². The van der Waals surface area contributed by atoms with Gasteiger partial charge >= 0.3 is 0 Å². The zero-order chi connectivity index (χ0) is 20.4. The highest BCUT2D eigenvalue weighted by Gasteiger charge is 2.13. The van der Waals surface area contributed by atoms with Crippen LogP contribution in [0.4, 0.5) is 13.2 Å². The van der Waals surface area contributed by atoms with Crippen molar-refractivity contribution in [1.82, 2.24) is 9.97 Å². The standard InChI is InChI=1S/C23H13F3N2O/c1-29-18-12-27-23(28-13-18)16-7-4-14(5-8-16)2-3-15-6-9-19-17(10-15)11-20(24)22(26)21(19)25/h4-13H,1H3. The summed E-state index contributed by atoms with van der Waals surface area (Å²) in [4.78, 5) is 8.46. The van der Waals surface area contributed by atoms with Crippen molar-refractivity contribution in [2.24, 2.45) is 0 Å². The van der Waals surface area contributed by atoms with Crippen LogP contribution in [0.2, 0.25) is 0 Å². The first-order chi connectivity index (χ1) is 14.0. The van der Waals surface area contributed by atoms with Gasteiger partial charge in [-0.1, -0.05) is 17.9 Å². The van der Waals surface area contributed by atoms with E-state index in [1.165, 1.54) is 12.1 Å². The quantitative estimate of drug-likeness (QED) is 0.352. The first-order valence-electron chi connectivity index (χ1n) is 8.61. The van der Waals surface area contributed by atoms with E-state index < -0.39 is 17.5 Å². The summed E-state index contributed by atoms with van der Waals surface area (Å²) in [6.07, 6.45) is 3.18. The highest BCUT2D eigenvalue weighted by molar-refractivity contribution is 5.84. The number of ether oxygens (including phenoxy) is 1. The molecule has 0 amide bonds. The lowest BCUT2D eigenvalue weighted by atomic mass is 10.1. The fourth-order valence-electron chi connectivity index (χ4n) is 2.80. The van der Waals surface area contributed by atoms with Crippen molar-refractivity contribution in [3.05, 3.63) is 89.5 Å². The van der Waals surface area contributed by atoms with Crippen molar-refractivity contribution in [3.63, 3.8) is 0 Å². The Balaban J connectivity index is 1.59. The third kappa shape index (κ3) is 3.76. The van der Waals surface area contributed by atoms with Crippen LogP contribution in [-0.4, -0.2) is 17.1 Å². The summed E-state index contributed by atoms with van der Waals surface area (Å²) in [6.45, 7) is 0. The van der Waals surface area contributed by atoms with Gasteiger partial charge in [-0.15, -0.1) is 0 Å². The molecule has 0 unspecified atom stereocenters. The zero-order valence-electron chi connectivity index (χ0n) is 15.2. The van der Waals surface area contributed by atoms with E-state index in [0.717, 1.165) is 17.2 Å². The lowest BCUT2D eigenvalue weighted by molar-refractivity contribution is 0.411. The lowest BCUT2D eigenvalue weighted by Gasteiger charge is -2.03. The van der Waals surface area contributed by atoms with Gasteiger partial charge in [0.1, 0.15) is 0 Å². The molecule has 0 spiro atoms. The van der Waals surface area contributed by atoms with E-state index in [0.29, 0.717) is 17.1 Å². The van der Waals surface area contributed by atoms with Gasteiger partial charge in [0, 0.05) is 22.1 Å². The highest BCUT2D eigenvalue weighted by Crippen LogP contribution is 2.24. The van der Waals surface area contributed by atoms with Crippen LogP contribution < -0.4 is 4.74 Å². The molecule has 1 aromatic heterocycles. The summed E-state index contributed by atoms with van der Waals surface area (Å²) in [7, 11) is 1.55. The van der Waals surface area contributed by atoms with E-state index in [1.807, 2.05) is 24.3 Å². The maximum absolute atomic E-state index is 13.8. The number of halogens is 3. The minimum atomic E-state index is -1.47. The van der Waals surface area contributed by atoms with Crippen molar-refractivity contribution in [3.8, 4) is 29.0 Å². The predicted octanol–water partition coefficient (Wildman–Crippen LogP) is 5.12. The lowest BCUT2D eigenvalue weighted by Crippen LogP contribution is -1.92. The Morgan fingerprint density at radius 1 is 0.793 bits per heavy atom. The molecule has 0 saturated carbocycles. The molecule has 3 aromatic carbocycles. The van der Waals surface area contributed by atoms with Crippen molar-refractivity contribution < 1.29 is 17.9 Å². The zero-order valence-corrected chi connectivity index (χ0v) is 15.2. The number of aromatic nitrogens is 2. The molecule has 0 fully saturated rings. The molecule has 3 nitrogen and oxygen atoms in total. The van der Waals surface area contributed by atoms with E-state index >= 15 is 0 Å². The molecule has 29 heavy (non-hydrogen) atoms. The van der Waals surface area contributed by atoms with Gasteiger partial charge in [0.15, 0.2) is 29.0 Å². The topological polar surface area (TPSA) is 35.0 Å². The second-order valence-electron chi connectivity index (χ2n) is 6.20. The highest BCUT2D eigenvalue weighted by atomic mass is 19.2.